The van der Waals surface area contributed by atoms with Gasteiger partial charge in [0.15, 0.2) is 0 Å². The molecule has 2 aliphatic rings. The van der Waals surface area contributed by atoms with Crippen LogP contribution in [0.1, 0.15) is 45.1 Å². The van der Waals surface area contributed by atoms with E-state index in [1.807, 2.05) is 42.1 Å². The van der Waals surface area contributed by atoms with E-state index in [9.17, 15) is 19.5 Å². The Morgan fingerprint density at radius 3 is 2.56 bits per heavy atom. The van der Waals surface area contributed by atoms with Gasteiger partial charge in [-0.05, 0) is 68.4 Å². The van der Waals surface area contributed by atoms with Crippen LogP contribution in [-0.4, -0.2) is 70.6 Å². The molecule has 32 heavy (non-hydrogen) atoms. The molecule has 1 aromatic carbocycles. The van der Waals surface area contributed by atoms with Crippen LogP contribution in [0.15, 0.2) is 30.3 Å². The molecule has 2 N–H and O–H groups in total. The van der Waals surface area contributed by atoms with E-state index in [1.165, 1.54) is 4.90 Å². The smallest absolute Gasteiger partial charge is 0.326 e. The van der Waals surface area contributed by atoms with Crippen LogP contribution in [0.5, 0.6) is 0 Å². The van der Waals surface area contributed by atoms with Gasteiger partial charge in [0, 0.05) is 6.54 Å². The van der Waals surface area contributed by atoms with E-state index in [1.54, 1.807) is 13.8 Å². The van der Waals surface area contributed by atoms with Crippen LogP contribution in [0.2, 0.25) is 0 Å². The summed E-state index contributed by atoms with van der Waals surface area (Å²) in [6, 6.07) is 7.72. The van der Waals surface area contributed by atoms with Crippen LogP contribution >= 0.6 is 11.8 Å². The summed E-state index contributed by atoms with van der Waals surface area (Å²) in [4.78, 5) is 39.3. The van der Waals surface area contributed by atoms with Crippen molar-refractivity contribution in [2.45, 2.75) is 64.1 Å². The first-order chi connectivity index (χ1) is 15.3. The minimum atomic E-state index is -0.952. The molecule has 1 spiro atoms. The van der Waals surface area contributed by atoms with Gasteiger partial charge in [-0.25, -0.2) is 4.79 Å². The van der Waals surface area contributed by atoms with Gasteiger partial charge in [0.2, 0.25) is 5.91 Å². The van der Waals surface area contributed by atoms with Crippen molar-refractivity contribution >= 4 is 29.6 Å². The quantitative estimate of drug-likeness (QED) is 0.545. The summed E-state index contributed by atoms with van der Waals surface area (Å²) < 4.78 is 5.23. The molecule has 3 rings (SSSR count). The van der Waals surface area contributed by atoms with Crippen molar-refractivity contribution in [2.24, 2.45) is 5.41 Å². The molecule has 7 nitrogen and oxygen atoms in total. The van der Waals surface area contributed by atoms with Gasteiger partial charge >= 0.3 is 11.9 Å². The Balaban J connectivity index is 1.68. The SMILES string of the molecule is CCOC(=O)[C@H](CCc1ccccc1)NC(C)C(=O)N1CC2(CCSCC2)C[C@H]1C(=O)O. The number of thioether (sulfide) groups is 1. The number of nitrogens with one attached hydrogen (secondary N) is 1. The second-order valence-electron chi connectivity index (χ2n) is 8.85. The summed E-state index contributed by atoms with van der Waals surface area (Å²) in [5.74, 6) is 0.410. The van der Waals surface area contributed by atoms with Crippen LogP contribution in [-0.2, 0) is 25.5 Å². The summed E-state index contributed by atoms with van der Waals surface area (Å²) in [6.45, 7) is 4.20. The molecule has 3 atom stereocenters. The van der Waals surface area contributed by atoms with E-state index in [-0.39, 0.29) is 23.9 Å². The van der Waals surface area contributed by atoms with Gasteiger partial charge in [-0.15, -0.1) is 0 Å². The predicted molar refractivity (Wildman–Crippen MR) is 125 cm³/mol. The number of esters is 1. The number of hydrogen-bond donors (Lipinski definition) is 2. The zero-order valence-electron chi connectivity index (χ0n) is 18.9. The molecule has 8 heteroatoms. The number of aliphatic carboxylic acids is 1. The van der Waals surface area contributed by atoms with Crippen molar-refractivity contribution in [1.29, 1.82) is 0 Å². The molecule has 0 radical (unpaired) electrons. The van der Waals surface area contributed by atoms with Gasteiger partial charge in [0.1, 0.15) is 12.1 Å². The second-order valence-corrected chi connectivity index (χ2v) is 10.1. The molecule has 2 fully saturated rings. The summed E-state index contributed by atoms with van der Waals surface area (Å²) in [6.07, 6.45) is 3.55. The maximum Gasteiger partial charge on any atom is 0.326 e. The van der Waals surface area contributed by atoms with Gasteiger partial charge in [0.25, 0.3) is 0 Å². The molecule has 0 aromatic heterocycles. The molecule has 1 unspecified atom stereocenters. The first kappa shape index (κ1) is 24.6. The van der Waals surface area contributed by atoms with Gasteiger partial charge in [-0.3, -0.25) is 14.9 Å². The van der Waals surface area contributed by atoms with Crippen LogP contribution in [0, 0.1) is 5.41 Å². The maximum atomic E-state index is 13.3. The molecule has 2 aliphatic heterocycles. The van der Waals surface area contributed by atoms with Crippen LogP contribution < -0.4 is 5.32 Å². The number of aryl methyl sites for hydroxylation is 1. The number of benzene rings is 1. The van der Waals surface area contributed by atoms with E-state index < -0.39 is 24.1 Å². The van der Waals surface area contributed by atoms with E-state index in [2.05, 4.69) is 5.32 Å². The summed E-state index contributed by atoms with van der Waals surface area (Å²) in [5.41, 5.74) is 1.00. The second kappa shape index (κ2) is 11.2. The average Bonchev–Trinajstić information content (AvgIpc) is 3.16. The number of likely N-dealkylation sites (tertiary alicyclic amines) is 1. The Kier molecular flexibility index (Phi) is 8.59. The lowest BCUT2D eigenvalue weighted by molar-refractivity contribution is -0.150. The van der Waals surface area contributed by atoms with Crippen molar-refractivity contribution in [3.63, 3.8) is 0 Å². The third kappa shape index (κ3) is 6.04. The summed E-state index contributed by atoms with van der Waals surface area (Å²) in [7, 11) is 0. The third-order valence-electron chi connectivity index (χ3n) is 6.59. The highest BCUT2D eigenvalue weighted by Crippen LogP contribution is 2.45. The zero-order chi connectivity index (χ0) is 23.1. The summed E-state index contributed by atoms with van der Waals surface area (Å²) in [5, 5.41) is 12.9. The van der Waals surface area contributed by atoms with Crippen molar-refractivity contribution in [2.75, 3.05) is 24.7 Å². The summed E-state index contributed by atoms with van der Waals surface area (Å²) >= 11 is 1.89. The number of hydrogen-bond acceptors (Lipinski definition) is 6. The molecule has 0 bridgehead atoms. The largest absolute Gasteiger partial charge is 0.480 e. The number of carbonyl (C=O) groups is 3. The first-order valence-corrected chi connectivity index (χ1v) is 12.6. The van der Waals surface area contributed by atoms with Crippen LogP contribution in [0.4, 0.5) is 0 Å². The number of carboxylic acids is 1. The maximum absolute atomic E-state index is 13.3. The Morgan fingerprint density at radius 2 is 1.94 bits per heavy atom. The molecule has 2 saturated heterocycles. The zero-order valence-corrected chi connectivity index (χ0v) is 19.7. The normalized spacial score (nSPS) is 21.8. The van der Waals surface area contributed by atoms with Gasteiger partial charge < -0.3 is 14.7 Å². The predicted octanol–water partition coefficient (Wildman–Crippen LogP) is 2.73. The fourth-order valence-corrected chi connectivity index (χ4v) is 6.12. The highest BCUT2D eigenvalue weighted by molar-refractivity contribution is 7.99. The lowest BCUT2D eigenvalue weighted by Gasteiger charge is -2.33. The topological polar surface area (TPSA) is 95.9 Å². The lowest BCUT2D eigenvalue weighted by Crippen LogP contribution is -2.53. The Morgan fingerprint density at radius 1 is 1.25 bits per heavy atom. The minimum absolute atomic E-state index is 0.0997. The molecule has 176 valence electrons. The van der Waals surface area contributed by atoms with Crippen molar-refractivity contribution in [3.8, 4) is 0 Å². The van der Waals surface area contributed by atoms with Crippen LogP contribution in [0.25, 0.3) is 0 Å². The van der Waals surface area contributed by atoms with E-state index in [0.29, 0.717) is 25.8 Å². The number of carboxylic acid groups (broad SMARTS) is 1. The van der Waals surface area contributed by atoms with Gasteiger partial charge in [-0.1, -0.05) is 30.3 Å². The molecule has 1 amide bonds. The van der Waals surface area contributed by atoms with E-state index in [4.69, 9.17) is 4.74 Å². The number of rotatable bonds is 9. The lowest BCUT2D eigenvalue weighted by atomic mass is 9.80. The Labute approximate surface area is 194 Å². The first-order valence-electron chi connectivity index (χ1n) is 11.4. The number of nitrogens with zero attached hydrogens (tertiary/aromatic N) is 1. The third-order valence-corrected chi connectivity index (χ3v) is 7.57. The fraction of sp³-hybridized carbons (Fsp3) is 0.625. The molecular weight excluding hydrogens is 428 g/mol. The molecule has 0 saturated carbocycles. The number of ether oxygens (including phenoxy) is 1. The molecular formula is C24H34N2O5S. The fourth-order valence-electron chi connectivity index (χ4n) is 4.76. The van der Waals surface area contributed by atoms with Crippen molar-refractivity contribution < 1.29 is 24.2 Å². The molecule has 1 aromatic rings. The van der Waals surface area contributed by atoms with Crippen molar-refractivity contribution in [3.05, 3.63) is 35.9 Å². The number of amides is 1. The van der Waals surface area contributed by atoms with Crippen LogP contribution in [0.3, 0.4) is 0 Å². The number of carbonyl (C=O) groups excluding carboxylic acids is 2. The van der Waals surface area contributed by atoms with E-state index in [0.717, 1.165) is 29.9 Å². The highest BCUT2D eigenvalue weighted by Gasteiger charge is 2.49. The van der Waals surface area contributed by atoms with Crippen molar-refractivity contribution in [1.82, 2.24) is 10.2 Å². The Bertz CT molecular complexity index is 797. The molecule has 2 heterocycles. The Hall–Kier alpha value is -2.06. The minimum Gasteiger partial charge on any atom is -0.480 e. The van der Waals surface area contributed by atoms with E-state index >= 15 is 0 Å². The standard InChI is InChI=1S/C24H34N2O5S/c1-3-31-23(30)19(10-9-18-7-5-4-6-8-18)25-17(2)21(27)26-16-24(11-13-32-14-12-24)15-20(26)22(28)29/h4-8,17,19-20,25H,3,9-16H2,1-2H3,(H,28,29)/t17?,19-,20-/m0/s1. The average molecular weight is 463 g/mol. The molecule has 0 aliphatic carbocycles. The monoisotopic (exact) mass is 462 g/mol. The highest BCUT2D eigenvalue weighted by atomic mass is 32.2. The van der Waals surface area contributed by atoms with Gasteiger partial charge in [-0.2, -0.15) is 11.8 Å². The van der Waals surface area contributed by atoms with Gasteiger partial charge in [0.05, 0.1) is 12.6 Å².